The molecule has 9 nitrogen and oxygen atoms in total. The second kappa shape index (κ2) is 8.90. The summed E-state index contributed by atoms with van der Waals surface area (Å²) >= 11 is 1.29. The quantitative estimate of drug-likeness (QED) is 0.125. The fraction of sp³-hybridized carbons (Fsp3) is 0.185. The number of thiazole rings is 1. The molecule has 2 aromatic carbocycles. The number of hydrogen-bond donors (Lipinski definition) is 1. The number of rotatable bonds is 4. The van der Waals surface area contributed by atoms with Crippen LogP contribution in [0.25, 0.3) is 16.0 Å². The van der Waals surface area contributed by atoms with Gasteiger partial charge < -0.3 is 5.11 Å². The summed E-state index contributed by atoms with van der Waals surface area (Å²) in [5, 5.41) is 22.5. The number of fused-ring (bicyclic) bond motifs is 1. The number of aliphatic hydroxyl groups excluding tert-OH is 1. The van der Waals surface area contributed by atoms with E-state index in [1.807, 2.05) is 18.2 Å². The van der Waals surface area contributed by atoms with E-state index in [2.05, 4.69) is 30.7 Å². The number of pyridine rings is 1. The molecule has 0 radical (unpaired) electrons. The molecule has 4 aromatic rings. The molecule has 186 valence electrons. The summed E-state index contributed by atoms with van der Waals surface area (Å²) < 4.78 is 0.865. The van der Waals surface area contributed by atoms with E-state index < -0.39 is 28.4 Å². The number of nitro benzene ring substituents is 1. The summed E-state index contributed by atoms with van der Waals surface area (Å²) in [6.45, 7) is 6.32. The first kappa shape index (κ1) is 24.3. The number of amides is 1. The van der Waals surface area contributed by atoms with Crippen molar-refractivity contribution in [3.8, 4) is 0 Å². The number of Topliss-reactive ketones (excluding diaryl/α,β-unsaturated/α-hetero) is 1. The predicted octanol–water partition coefficient (Wildman–Crippen LogP) is 5.52. The van der Waals surface area contributed by atoms with Crippen LogP contribution >= 0.6 is 11.3 Å². The van der Waals surface area contributed by atoms with Gasteiger partial charge in [-0.1, -0.05) is 44.2 Å². The Morgan fingerprint density at radius 1 is 1.11 bits per heavy atom. The van der Waals surface area contributed by atoms with Gasteiger partial charge >= 0.3 is 5.91 Å². The number of carbonyl (C=O) groups excluding carboxylic acids is 2. The highest BCUT2D eigenvalue weighted by atomic mass is 32.1. The number of aromatic nitrogens is 2. The van der Waals surface area contributed by atoms with Gasteiger partial charge in [-0.25, -0.2) is 4.98 Å². The lowest BCUT2D eigenvalue weighted by Crippen LogP contribution is -2.29. The fourth-order valence-electron chi connectivity index (χ4n) is 4.26. The molecular formula is C27H22N4O5S. The second-order valence-electron chi connectivity index (χ2n) is 9.69. The van der Waals surface area contributed by atoms with Gasteiger partial charge in [-0.15, -0.1) is 0 Å². The van der Waals surface area contributed by atoms with Crippen LogP contribution in [0.3, 0.4) is 0 Å². The molecule has 1 aliphatic heterocycles. The van der Waals surface area contributed by atoms with Crippen molar-refractivity contribution in [2.45, 2.75) is 32.2 Å². The highest BCUT2D eigenvalue weighted by Crippen LogP contribution is 2.44. The first-order valence-corrected chi connectivity index (χ1v) is 12.2. The van der Waals surface area contributed by atoms with Crippen molar-refractivity contribution in [3.63, 3.8) is 0 Å². The van der Waals surface area contributed by atoms with Gasteiger partial charge in [0.05, 0.1) is 26.8 Å². The third-order valence-electron chi connectivity index (χ3n) is 6.25. The van der Waals surface area contributed by atoms with Crippen LogP contribution in [0.4, 0.5) is 10.8 Å². The van der Waals surface area contributed by atoms with E-state index in [9.17, 15) is 24.8 Å². The van der Waals surface area contributed by atoms with Crippen LogP contribution in [-0.4, -0.2) is 31.7 Å². The van der Waals surface area contributed by atoms with E-state index in [1.165, 1.54) is 46.7 Å². The van der Waals surface area contributed by atoms with Crippen LogP contribution in [0, 0.1) is 10.1 Å². The summed E-state index contributed by atoms with van der Waals surface area (Å²) in [6.07, 6.45) is 3.09. The van der Waals surface area contributed by atoms with Crippen molar-refractivity contribution in [1.29, 1.82) is 0 Å². The zero-order chi connectivity index (χ0) is 26.5. The van der Waals surface area contributed by atoms with Crippen molar-refractivity contribution < 1.29 is 19.6 Å². The third-order valence-corrected chi connectivity index (χ3v) is 7.26. The minimum absolute atomic E-state index is 0.0809. The largest absolute Gasteiger partial charge is 0.507 e. The number of ketones is 1. The third kappa shape index (κ3) is 4.25. The molecule has 0 spiro atoms. The number of anilines is 1. The van der Waals surface area contributed by atoms with Gasteiger partial charge in [0.25, 0.3) is 11.5 Å². The van der Waals surface area contributed by atoms with Crippen LogP contribution < -0.4 is 4.90 Å². The minimum Gasteiger partial charge on any atom is -0.507 e. The topological polar surface area (TPSA) is 127 Å². The Kier molecular flexibility index (Phi) is 5.83. The second-order valence-corrected chi connectivity index (χ2v) is 10.7. The average molecular weight is 515 g/mol. The van der Waals surface area contributed by atoms with Gasteiger partial charge in [0.2, 0.25) is 0 Å². The molecular weight excluding hydrogens is 492 g/mol. The molecule has 0 bridgehead atoms. The minimum atomic E-state index is -0.980. The van der Waals surface area contributed by atoms with Crippen LogP contribution in [0.5, 0.6) is 0 Å². The summed E-state index contributed by atoms with van der Waals surface area (Å²) in [6, 6.07) is 13.5. The summed E-state index contributed by atoms with van der Waals surface area (Å²) in [7, 11) is 0. The molecule has 1 fully saturated rings. The van der Waals surface area contributed by atoms with E-state index in [4.69, 9.17) is 0 Å². The molecule has 1 unspecified atom stereocenters. The number of nitro groups is 1. The monoisotopic (exact) mass is 514 g/mol. The van der Waals surface area contributed by atoms with Gasteiger partial charge in [-0.2, -0.15) is 0 Å². The molecule has 1 amide bonds. The maximum Gasteiger partial charge on any atom is 0.301 e. The predicted molar refractivity (Wildman–Crippen MR) is 140 cm³/mol. The molecule has 1 N–H and O–H groups in total. The molecule has 0 aliphatic carbocycles. The lowest BCUT2D eigenvalue weighted by Gasteiger charge is -2.22. The smallest absolute Gasteiger partial charge is 0.301 e. The van der Waals surface area contributed by atoms with E-state index in [1.54, 1.807) is 18.3 Å². The molecule has 0 saturated carbocycles. The van der Waals surface area contributed by atoms with Crippen LogP contribution in [0.15, 0.2) is 72.6 Å². The molecule has 5 rings (SSSR count). The van der Waals surface area contributed by atoms with Crippen LogP contribution in [0.2, 0.25) is 0 Å². The van der Waals surface area contributed by atoms with E-state index in [0.717, 1.165) is 10.3 Å². The summed E-state index contributed by atoms with van der Waals surface area (Å²) in [4.78, 5) is 47.2. The molecule has 3 heterocycles. The number of hydrogen-bond acceptors (Lipinski definition) is 8. The number of aliphatic hydroxyl groups is 1. The number of carbonyl (C=O) groups is 2. The summed E-state index contributed by atoms with van der Waals surface area (Å²) in [5.74, 6) is -2.13. The Morgan fingerprint density at radius 3 is 2.46 bits per heavy atom. The first-order chi connectivity index (χ1) is 17.6. The summed E-state index contributed by atoms with van der Waals surface area (Å²) in [5.41, 5.74) is 2.11. The number of nitrogens with zero attached hydrogens (tertiary/aromatic N) is 4. The SMILES string of the molecule is CC(C)(C)c1ccc2nc(N3C(=O)C(=O)/C(=C(/O)c4ccc([N+](=O)[O-])cc4)C3c3cccnc3)sc2c1. The van der Waals surface area contributed by atoms with Gasteiger partial charge in [0, 0.05) is 30.1 Å². The Labute approximate surface area is 215 Å². The maximum atomic E-state index is 13.4. The van der Waals surface area contributed by atoms with Gasteiger partial charge in [0.15, 0.2) is 5.13 Å². The molecule has 1 atom stereocenters. The Hall–Kier alpha value is -4.44. The van der Waals surface area contributed by atoms with Gasteiger partial charge in [0.1, 0.15) is 5.76 Å². The average Bonchev–Trinajstić information content (AvgIpc) is 3.41. The molecule has 2 aromatic heterocycles. The molecule has 1 saturated heterocycles. The molecule has 1 aliphatic rings. The molecule has 10 heteroatoms. The number of non-ortho nitro benzene ring substituents is 1. The van der Waals surface area contributed by atoms with Crippen molar-refractivity contribution in [3.05, 3.63) is 99.4 Å². The first-order valence-electron chi connectivity index (χ1n) is 11.4. The van der Waals surface area contributed by atoms with Crippen molar-refractivity contribution in [2.24, 2.45) is 0 Å². The van der Waals surface area contributed by atoms with Crippen molar-refractivity contribution in [1.82, 2.24) is 9.97 Å². The Balaban J connectivity index is 1.67. The van der Waals surface area contributed by atoms with E-state index in [-0.39, 0.29) is 22.2 Å². The lowest BCUT2D eigenvalue weighted by molar-refractivity contribution is -0.384. The van der Waals surface area contributed by atoms with Gasteiger partial charge in [-0.3, -0.25) is 29.6 Å². The van der Waals surface area contributed by atoms with Crippen molar-refractivity contribution in [2.75, 3.05) is 4.90 Å². The Morgan fingerprint density at radius 2 is 1.84 bits per heavy atom. The maximum absolute atomic E-state index is 13.4. The highest BCUT2D eigenvalue weighted by Gasteiger charge is 2.48. The Bertz CT molecular complexity index is 1590. The van der Waals surface area contributed by atoms with E-state index >= 15 is 0 Å². The zero-order valence-electron chi connectivity index (χ0n) is 20.2. The molecule has 37 heavy (non-hydrogen) atoms. The fourth-order valence-corrected chi connectivity index (χ4v) is 5.29. The highest BCUT2D eigenvalue weighted by molar-refractivity contribution is 7.22. The standard InChI is InChI=1S/C27H22N4O5S/c1-27(2,3)17-8-11-19-20(13-17)37-26(29-19)30-22(16-5-4-12-28-14-16)21(24(33)25(30)34)23(32)15-6-9-18(10-7-15)31(35)36/h4-14,22,32H,1-3H3/b23-21+. The van der Waals surface area contributed by atoms with E-state index in [0.29, 0.717) is 16.2 Å². The van der Waals surface area contributed by atoms with Crippen molar-refractivity contribution >= 4 is 49.8 Å². The van der Waals surface area contributed by atoms with Crippen LogP contribution in [0.1, 0.15) is 43.5 Å². The van der Waals surface area contributed by atoms with Gasteiger partial charge in [-0.05, 0) is 46.9 Å². The number of benzene rings is 2. The normalized spacial score (nSPS) is 17.5. The lowest BCUT2D eigenvalue weighted by atomic mass is 9.87. The zero-order valence-corrected chi connectivity index (χ0v) is 21.0. The van der Waals surface area contributed by atoms with Crippen LogP contribution in [-0.2, 0) is 15.0 Å².